The van der Waals surface area contributed by atoms with Gasteiger partial charge in [0.15, 0.2) is 0 Å². The van der Waals surface area contributed by atoms with Crippen LogP contribution in [0.25, 0.3) is 0 Å². The maximum absolute atomic E-state index is 11.4. The Bertz CT molecular complexity index is 351. The molecule has 0 spiro atoms. The molecule has 0 saturated carbocycles. The van der Waals surface area contributed by atoms with Gasteiger partial charge >= 0.3 is 0 Å². The highest BCUT2D eigenvalue weighted by Gasteiger charge is 2.02. The molecular formula is C12H18BrN3O. The summed E-state index contributed by atoms with van der Waals surface area (Å²) in [4.78, 5) is 15.6. The molecule has 0 saturated heterocycles. The molecule has 0 radical (unpaired) electrons. The van der Waals surface area contributed by atoms with Gasteiger partial charge in [-0.05, 0) is 34.0 Å². The highest BCUT2D eigenvalue weighted by molar-refractivity contribution is 9.10. The Morgan fingerprint density at radius 3 is 2.82 bits per heavy atom. The van der Waals surface area contributed by atoms with Crippen LogP contribution < -0.4 is 10.6 Å². The van der Waals surface area contributed by atoms with Gasteiger partial charge in [-0.2, -0.15) is 0 Å². The first-order chi connectivity index (χ1) is 8.08. The van der Waals surface area contributed by atoms with Gasteiger partial charge < -0.3 is 10.6 Å². The summed E-state index contributed by atoms with van der Waals surface area (Å²) in [5, 5.41) is 5.90. The van der Waals surface area contributed by atoms with Crippen LogP contribution in [-0.2, 0) is 11.3 Å². The second-order valence-electron chi connectivity index (χ2n) is 4.27. The lowest BCUT2D eigenvalue weighted by atomic mass is 10.2. The van der Waals surface area contributed by atoms with E-state index in [-0.39, 0.29) is 5.91 Å². The number of carbonyl (C=O) groups is 1. The molecule has 4 nitrogen and oxygen atoms in total. The van der Waals surface area contributed by atoms with Gasteiger partial charge in [0.1, 0.15) is 0 Å². The van der Waals surface area contributed by atoms with Crippen LogP contribution in [0.5, 0.6) is 0 Å². The fraction of sp³-hybridized carbons (Fsp3) is 0.500. The minimum absolute atomic E-state index is 0.0239. The van der Waals surface area contributed by atoms with Crippen LogP contribution in [-0.4, -0.2) is 24.0 Å². The molecule has 5 heteroatoms. The van der Waals surface area contributed by atoms with Gasteiger partial charge in [0.2, 0.25) is 5.91 Å². The van der Waals surface area contributed by atoms with E-state index in [4.69, 9.17) is 0 Å². The van der Waals surface area contributed by atoms with Gasteiger partial charge in [-0.3, -0.25) is 9.78 Å². The summed E-state index contributed by atoms with van der Waals surface area (Å²) in [7, 11) is 0. The normalized spacial score (nSPS) is 10.6. The van der Waals surface area contributed by atoms with E-state index in [9.17, 15) is 4.79 Å². The Morgan fingerprint density at radius 2 is 2.24 bits per heavy atom. The number of pyridine rings is 1. The number of amides is 1. The minimum Gasteiger partial charge on any atom is -0.355 e. The first-order valence-electron chi connectivity index (χ1n) is 5.65. The molecule has 0 fully saturated rings. The van der Waals surface area contributed by atoms with Gasteiger partial charge in [0.25, 0.3) is 0 Å². The summed E-state index contributed by atoms with van der Waals surface area (Å²) in [6, 6.07) is 3.85. The second-order valence-corrected chi connectivity index (χ2v) is 5.18. The number of carbonyl (C=O) groups excluding carboxylic acids is 1. The Morgan fingerprint density at radius 1 is 1.47 bits per heavy atom. The largest absolute Gasteiger partial charge is 0.355 e. The van der Waals surface area contributed by atoms with Crippen molar-refractivity contribution < 1.29 is 4.79 Å². The van der Waals surface area contributed by atoms with Gasteiger partial charge in [-0.1, -0.05) is 13.8 Å². The Hall–Kier alpha value is -0.940. The highest BCUT2D eigenvalue weighted by Crippen LogP contribution is 2.06. The van der Waals surface area contributed by atoms with Crippen molar-refractivity contribution >= 4 is 21.8 Å². The maximum Gasteiger partial charge on any atom is 0.233 e. The Labute approximate surface area is 110 Å². The predicted molar refractivity (Wildman–Crippen MR) is 71.5 cm³/mol. The van der Waals surface area contributed by atoms with Gasteiger partial charge in [-0.25, -0.2) is 0 Å². The fourth-order valence-electron chi connectivity index (χ4n) is 1.20. The van der Waals surface area contributed by atoms with Crippen LogP contribution in [0.3, 0.4) is 0 Å². The molecule has 1 aromatic rings. The van der Waals surface area contributed by atoms with E-state index in [1.165, 1.54) is 0 Å². The fourth-order valence-corrected chi connectivity index (χ4v) is 1.43. The lowest BCUT2D eigenvalue weighted by molar-refractivity contribution is -0.120. The quantitative estimate of drug-likeness (QED) is 0.841. The van der Waals surface area contributed by atoms with E-state index in [1.54, 1.807) is 6.20 Å². The average molecular weight is 300 g/mol. The lowest BCUT2D eigenvalue weighted by Crippen LogP contribution is -2.35. The van der Waals surface area contributed by atoms with Crippen molar-refractivity contribution in [1.82, 2.24) is 15.6 Å². The van der Waals surface area contributed by atoms with Crippen LogP contribution in [0, 0.1) is 5.92 Å². The molecule has 0 bridgehead atoms. The van der Waals surface area contributed by atoms with Crippen molar-refractivity contribution in [3.8, 4) is 0 Å². The molecule has 1 aromatic heterocycles. The number of aromatic nitrogens is 1. The zero-order chi connectivity index (χ0) is 12.7. The van der Waals surface area contributed by atoms with E-state index >= 15 is 0 Å². The third kappa shape index (κ3) is 6.38. The molecule has 0 aliphatic heterocycles. The topological polar surface area (TPSA) is 54.0 Å². The number of halogens is 1. The predicted octanol–water partition coefficient (Wildman–Crippen LogP) is 1.71. The van der Waals surface area contributed by atoms with E-state index in [0.717, 1.165) is 16.7 Å². The van der Waals surface area contributed by atoms with E-state index in [0.29, 0.717) is 19.0 Å². The van der Waals surface area contributed by atoms with Crippen LogP contribution in [0.2, 0.25) is 0 Å². The summed E-state index contributed by atoms with van der Waals surface area (Å²) in [5.74, 6) is 0.503. The summed E-state index contributed by atoms with van der Waals surface area (Å²) in [6.07, 6.45) is 1.75. The van der Waals surface area contributed by atoms with Crippen molar-refractivity contribution in [1.29, 1.82) is 0 Å². The summed E-state index contributed by atoms with van der Waals surface area (Å²) in [6.45, 7) is 5.78. The molecule has 0 unspecified atom stereocenters. The van der Waals surface area contributed by atoms with Crippen molar-refractivity contribution in [3.05, 3.63) is 28.5 Å². The molecule has 17 heavy (non-hydrogen) atoms. The molecule has 1 rings (SSSR count). The number of rotatable bonds is 6. The molecule has 0 aromatic carbocycles. The van der Waals surface area contributed by atoms with Crippen molar-refractivity contribution in [3.63, 3.8) is 0 Å². The van der Waals surface area contributed by atoms with E-state index < -0.39 is 0 Å². The maximum atomic E-state index is 11.4. The Balaban J connectivity index is 2.19. The van der Waals surface area contributed by atoms with Crippen LogP contribution >= 0.6 is 15.9 Å². The molecule has 2 N–H and O–H groups in total. The van der Waals surface area contributed by atoms with Crippen LogP contribution in [0.15, 0.2) is 22.8 Å². The van der Waals surface area contributed by atoms with Crippen LogP contribution in [0.1, 0.15) is 19.5 Å². The van der Waals surface area contributed by atoms with Crippen molar-refractivity contribution in [2.45, 2.75) is 20.4 Å². The molecule has 1 amide bonds. The molecule has 94 valence electrons. The molecular weight excluding hydrogens is 282 g/mol. The van der Waals surface area contributed by atoms with Gasteiger partial charge in [0.05, 0.1) is 12.2 Å². The first-order valence-corrected chi connectivity index (χ1v) is 6.45. The van der Waals surface area contributed by atoms with Crippen LogP contribution in [0.4, 0.5) is 0 Å². The SMILES string of the molecule is CC(C)CNC(=O)CNCc1ccc(Br)cn1. The molecule has 1 heterocycles. The molecule has 0 atom stereocenters. The Kier molecular flexibility index (Phi) is 6.15. The van der Waals surface area contributed by atoms with Crippen molar-refractivity contribution in [2.24, 2.45) is 5.92 Å². The van der Waals surface area contributed by atoms with Crippen molar-refractivity contribution in [2.75, 3.05) is 13.1 Å². The smallest absolute Gasteiger partial charge is 0.233 e. The number of hydrogen-bond acceptors (Lipinski definition) is 3. The zero-order valence-electron chi connectivity index (χ0n) is 10.2. The highest BCUT2D eigenvalue weighted by atomic mass is 79.9. The summed E-state index contributed by atoms with van der Waals surface area (Å²) >= 11 is 3.32. The van der Waals surface area contributed by atoms with Gasteiger partial charge in [-0.15, -0.1) is 0 Å². The summed E-state index contributed by atoms with van der Waals surface area (Å²) < 4.78 is 0.955. The zero-order valence-corrected chi connectivity index (χ0v) is 11.8. The average Bonchev–Trinajstić information content (AvgIpc) is 2.29. The second kappa shape index (κ2) is 7.40. The molecule has 0 aliphatic carbocycles. The standard InChI is InChI=1S/C12H18BrN3O/c1-9(2)5-16-12(17)8-14-7-11-4-3-10(13)6-15-11/h3-4,6,9,14H,5,7-8H2,1-2H3,(H,16,17). The third-order valence-corrected chi connectivity index (χ3v) is 2.56. The van der Waals surface area contributed by atoms with E-state index in [1.807, 2.05) is 12.1 Å². The third-order valence-electron chi connectivity index (χ3n) is 2.09. The first kappa shape index (κ1) is 14.1. The van der Waals surface area contributed by atoms with Gasteiger partial charge in [0, 0.05) is 23.8 Å². The van der Waals surface area contributed by atoms with E-state index in [2.05, 4.69) is 45.4 Å². The minimum atomic E-state index is 0.0239. The number of nitrogens with zero attached hydrogens (tertiary/aromatic N) is 1. The number of nitrogens with one attached hydrogen (secondary N) is 2. The molecule has 0 aliphatic rings. The lowest BCUT2D eigenvalue weighted by Gasteiger charge is -2.08. The monoisotopic (exact) mass is 299 g/mol. The summed E-state index contributed by atoms with van der Waals surface area (Å²) in [5.41, 5.74) is 0.921. The number of hydrogen-bond donors (Lipinski definition) is 2.